The van der Waals surface area contributed by atoms with Gasteiger partial charge in [0.1, 0.15) is 23.0 Å². The topological polar surface area (TPSA) is 180 Å². The number of carbonyl (C=O) groups is 2. The van der Waals surface area contributed by atoms with Crippen molar-refractivity contribution in [2.24, 2.45) is 11.8 Å². The van der Waals surface area contributed by atoms with Crippen LogP contribution >= 0.6 is 0 Å². The molecule has 0 spiro atoms. The Morgan fingerprint density at radius 2 is 0.691 bits per heavy atom. The van der Waals surface area contributed by atoms with Gasteiger partial charge in [-0.25, -0.2) is 0 Å². The third-order valence-corrected chi connectivity index (χ3v) is 13.2. The van der Waals surface area contributed by atoms with Crippen molar-refractivity contribution < 1.29 is 40.2 Å². The maximum Gasteiger partial charge on any atom is 0.229 e. The van der Waals surface area contributed by atoms with Crippen LogP contribution in [0.2, 0.25) is 0 Å². The number of ketones is 2. The van der Waals surface area contributed by atoms with Crippen LogP contribution in [0.1, 0.15) is 166 Å². The summed E-state index contributed by atoms with van der Waals surface area (Å²) in [7, 11) is 0. The number of phenolic OH excluding ortho intramolecular Hbond substituents is 4. The fourth-order valence-electron chi connectivity index (χ4n) is 9.66. The maximum absolute atomic E-state index is 14.4. The second-order valence-corrected chi connectivity index (χ2v) is 23.4. The minimum absolute atomic E-state index is 0.0218. The molecule has 0 heterocycles. The van der Waals surface area contributed by atoms with E-state index in [-0.39, 0.29) is 68.2 Å². The molecule has 0 bridgehead atoms. The van der Waals surface area contributed by atoms with Gasteiger partial charge in [-0.2, -0.15) is 0 Å². The summed E-state index contributed by atoms with van der Waals surface area (Å²) in [4.78, 5) is 28.8. The number of aryl methyl sites for hydroxylation is 2. The van der Waals surface area contributed by atoms with Gasteiger partial charge in [-0.05, 0) is 93.9 Å². The molecule has 0 saturated carbocycles. The van der Waals surface area contributed by atoms with E-state index in [1.807, 2.05) is 135 Å². The molecule has 0 unspecified atom stereocenters. The highest BCUT2D eigenvalue weighted by Crippen LogP contribution is 2.54. The van der Waals surface area contributed by atoms with Gasteiger partial charge in [0.2, 0.25) is 11.6 Å². The highest BCUT2D eigenvalue weighted by Gasteiger charge is 2.39. The molecule has 0 saturated heterocycles. The number of hydrogen-bond acceptors (Lipinski definition) is 10. The molecule has 2 aliphatic rings. The van der Waals surface area contributed by atoms with Gasteiger partial charge in [0.05, 0.1) is 11.1 Å². The minimum Gasteiger partial charge on any atom is -0.507 e. The van der Waals surface area contributed by atoms with Gasteiger partial charge >= 0.3 is 0 Å². The molecule has 0 radical (unpaired) electrons. The zero-order valence-electron chi connectivity index (χ0n) is 43.3. The van der Waals surface area contributed by atoms with Crippen molar-refractivity contribution in [3.8, 4) is 34.1 Å². The molecular weight excluding hydrogens is 853 g/mol. The van der Waals surface area contributed by atoms with E-state index in [1.165, 1.54) is 12.4 Å². The number of aromatic hydroxyl groups is 4. The van der Waals surface area contributed by atoms with Gasteiger partial charge in [0.15, 0.2) is 11.5 Å². The number of fused-ring (bicyclic) bond motifs is 2. The number of aliphatic hydroxyl groups is 2. The number of benzene rings is 4. The molecule has 4 aromatic carbocycles. The summed E-state index contributed by atoms with van der Waals surface area (Å²) < 4.78 is 0. The van der Waals surface area contributed by atoms with Crippen molar-refractivity contribution in [3.05, 3.63) is 116 Å². The summed E-state index contributed by atoms with van der Waals surface area (Å²) in [6, 6.07) is 10.9. The molecule has 362 valence electrons. The number of phenols is 4. The van der Waals surface area contributed by atoms with E-state index in [0.717, 1.165) is 0 Å². The van der Waals surface area contributed by atoms with Gasteiger partial charge in [0.25, 0.3) is 0 Å². The predicted octanol–water partition coefficient (Wildman–Crippen LogP) is 13.9. The quantitative estimate of drug-likeness (QED) is 0.0657. The largest absolute Gasteiger partial charge is 0.507 e. The lowest BCUT2D eigenvalue weighted by Gasteiger charge is -2.30. The van der Waals surface area contributed by atoms with Crippen LogP contribution in [0.3, 0.4) is 0 Å². The average molecular weight is 925 g/mol. The Morgan fingerprint density at radius 1 is 0.426 bits per heavy atom. The number of hydrogen-bond donors (Lipinski definition) is 8. The Kier molecular flexibility index (Phi) is 12.9. The van der Waals surface area contributed by atoms with Crippen molar-refractivity contribution in [2.75, 3.05) is 10.6 Å². The SMILES string of the molecule is Cc1cc2c(c(O)c1-c1c(C)cc3c(c1O)/C(=C/Nc1cc(C(C)(C)C)c(O)c(C(C)(C)C)c1)C(=O)C(O)=C3C(C)C)/C(=C/Nc1cc(C(C)(C)C)c(O)c(C(C)(C)C)c1)C(=O)C(O)=C2C(C)C. The molecule has 0 aromatic heterocycles. The molecule has 4 aromatic rings. The first-order valence-electron chi connectivity index (χ1n) is 23.5. The lowest BCUT2D eigenvalue weighted by atomic mass is 9.75. The Labute approximate surface area is 402 Å². The first-order chi connectivity index (χ1) is 31.1. The zero-order chi connectivity index (χ0) is 51.2. The van der Waals surface area contributed by atoms with Gasteiger partial charge in [-0.3, -0.25) is 9.59 Å². The number of allylic oxidation sites excluding steroid dienone is 4. The molecular formula is C58H72N2O8. The van der Waals surface area contributed by atoms with Gasteiger partial charge in [-0.1, -0.05) is 123 Å². The monoisotopic (exact) mass is 925 g/mol. The summed E-state index contributed by atoms with van der Waals surface area (Å²) in [5.41, 5.74) is 5.55. The highest BCUT2D eigenvalue weighted by atomic mass is 16.3. The number of carbonyl (C=O) groups excluding carboxylic acids is 2. The van der Waals surface area contributed by atoms with Crippen LogP contribution in [0.4, 0.5) is 11.4 Å². The molecule has 0 amide bonds. The van der Waals surface area contributed by atoms with E-state index in [1.54, 1.807) is 26.0 Å². The number of aliphatic hydroxyl groups excluding tert-OH is 2. The van der Waals surface area contributed by atoms with Crippen LogP contribution in [0, 0.1) is 25.7 Å². The third kappa shape index (κ3) is 8.90. The number of nitrogens with one attached hydrogen (secondary N) is 2. The summed E-state index contributed by atoms with van der Waals surface area (Å²) in [6.45, 7) is 35.0. The minimum atomic E-state index is -0.710. The molecule has 8 N–H and O–H groups in total. The van der Waals surface area contributed by atoms with Crippen LogP contribution in [0.5, 0.6) is 23.0 Å². The summed E-state index contributed by atoms with van der Waals surface area (Å²) in [5, 5.41) is 78.0. The zero-order valence-corrected chi connectivity index (χ0v) is 43.3. The highest BCUT2D eigenvalue weighted by molar-refractivity contribution is 6.35. The fraction of sp³-hybridized carbons (Fsp3) is 0.414. The summed E-state index contributed by atoms with van der Waals surface area (Å²) in [6.07, 6.45) is 2.93. The van der Waals surface area contributed by atoms with Crippen LogP contribution in [-0.4, -0.2) is 42.2 Å². The number of rotatable bonds is 7. The average Bonchev–Trinajstić information content (AvgIpc) is 3.18. The van der Waals surface area contributed by atoms with Crippen LogP contribution in [-0.2, 0) is 31.2 Å². The first-order valence-corrected chi connectivity index (χ1v) is 23.5. The van der Waals surface area contributed by atoms with E-state index in [2.05, 4.69) is 10.6 Å². The summed E-state index contributed by atoms with van der Waals surface area (Å²) >= 11 is 0. The predicted molar refractivity (Wildman–Crippen MR) is 278 cm³/mol. The Balaban J connectivity index is 1.63. The van der Waals surface area contributed by atoms with Crippen LogP contribution < -0.4 is 10.6 Å². The first kappa shape index (κ1) is 51.0. The van der Waals surface area contributed by atoms with Crippen LogP contribution in [0.25, 0.3) is 33.4 Å². The fourth-order valence-corrected chi connectivity index (χ4v) is 9.66. The lowest BCUT2D eigenvalue weighted by Crippen LogP contribution is -2.20. The van der Waals surface area contributed by atoms with E-state index < -0.39 is 44.7 Å². The van der Waals surface area contributed by atoms with E-state index in [0.29, 0.717) is 67.0 Å². The molecule has 10 heteroatoms. The second-order valence-electron chi connectivity index (χ2n) is 23.4. The van der Waals surface area contributed by atoms with Gasteiger partial charge in [0, 0.05) is 79.4 Å². The number of anilines is 2. The van der Waals surface area contributed by atoms with Crippen molar-refractivity contribution >= 4 is 45.2 Å². The van der Waals surface area contributed by atoms with Crippen molar-refractivity contribution in [2.45, 2.75) is 146 Å². The standard InChI is InChI=1S/C58H72N2O8/c1-27(2)41-33-19-29(5)43(51(65)45(33)35(47(61)53(41)67)25-59-31-21-37(55(7,8)9)49(63)38(22-31)56(10,11)12)44-30(6)20-34-42(28(3)4)54(68)48(62)36(46(34)52(44)66)26-60-32-23-39(57(13,14)15)50(64)40(24-32)58(16,17)18/h19-28,59-60,63-68H,1-18H3/b35-25-,36-26-. The lowest BCUT2D eigenvalue weighted by molar-refractivity contribution is -0.113. The smallest absolute Gasteiger partial charge is 0.229 e. The van der Waals surface area contributed by atoms with Crippen molar-refractivity contribution in [1.82, 2.24) is 0 Å². The molecule has 2 aliphatic carbocycles. The normalized spacial score (nSPS) is 16.1. The van der Waals surface area contributed by atoms with E-state index >= 15 is 0 Å². The number of Topliss-reactive ketones (excluding diaryl/α,β-unsaturated/α-hetero) is 2. The molecule has 0 fully saturated rings. The molecule has 6 rings (SSSR count). The van der Waals surface area contributed by atoms with Crippen molar-refractivity contribution in [1.29, 1.82) is 0 Å². The van der Waals surface area contributed by atoms with E-state index in [4.69, 9.17) is 0 Å². The van der Waals surface area contributed by atoms with Gasteiger partial charge in [-0.15, -0.1) is 0 Å². The Bertz CT molecular complexity index is 2660. The second kappa shape index (κ2) is 17.3. The van der Waals surface area contributed by atoms with Gasteiger partial charge < -0.3 is 41.3 Å². The maximum atomic E-state index is 14.4. The van der Waals surface area contributed by atoms with Crippen LogP contribution in [0.15, 0.2) is 60.3 Å². The summed E-state index contributed by atoms with van der Waals surface area (Å²) in [5.74, 6) is -3.22. The molecule has 0 atom stereocenters. The molecule has 0 aliphatic heterocycles. The van der Waals surface area contributed by atoms with E-state index in [9.17, 15) is 40.2 Å². The Morgan fingerprint density at radius 3 is 0.926 bits per heavy atom. The molecule has 68 heavy (non-hydrogen) atoms. The van der Waals surface area contributed by atoms with Crippen molar-refractivity contribution in [3.63, 3.8) is 0 Å². The third-order valence-electron chi connectivity index (χ3n) is 13.2. The Hall–Kier alpha value is -6.42. The molecule has 10 nitrogen and oxygen atoms in total.